The fraction of sp³-hybridized carbons (Fsp3) is 0.583. The van der Waals surface area contributed by atoms with Crippen LogP contribution in [0.25, 0.3) is 0 Å². The Balaban J connectivity index is 0.000000209. The van der Waals surface area contributed by atoms with Crippen LogP contribution in [0.15, 0.2) is 36.4 Å². The highest BCUT2D eigenvalue weighted by molar-refractivity contribution is 6.01. The molecule has 0 unspecified atom stereocenters. The lowest BCUT2D eigenvalue weighted by atomic mass is 10.1. The molecule has 5 aliphatic heterocycles. The van der Waals surface area contributed by atoms with E-state index in [1.807, 2.05) is 24.3 Å². The van der Waals surface area contributed by atoms with Gasteiger partial charge in [-0.25, -0.2) is 13.6 Å². The predicted octanol–water partition coefficient (Wildman–Crippen LogP) is 2.68. The maximum atomic E-state index is 14.6. The van der Waals surface area contributed by atoms with Gasteiger partial charge in [0, 0.05) is 127 Å². The number of hydrogen-bond donors (Lipinski definition) is 1. The van der Waals surface area contributed by atoms with Crippen LogP contribution in [0.2, 0.25) is 0 Å². The summed E-state index contributed by atoms with van der Waals surface area (Å²) in [7, 11) is 0. The number of amides is 3. The maximum Gasteiger partial charge on any atom is 0.434 e. The second kappa shape index (κ2) is 18.6. The van der Waals surface area contributed by atoms with Crippen molar-refractivity contribution in [2.45, 2.75) is 33.4 Å². The minimum Gasteiger partial charge on any atom is -0.378 e. The first-order chi connectivity index (χ1) is 24.3. The normalized spacial score (nSPS) is 20.5. The zero-order valence-electron chi connectivity index (χ0n) is 28.5. The molecule has 5 fully saturated rings. The molecule has 1 N–H and O–H groups in total. The summed E-state index contributed by atoms with van der Waals surface area (Å²) in [5, 5.41) is 3.87. The van der Waals surface area contributed by atoms with E-state index in [1.54, 1.807) is 12.1 Å². The summed E-state index contributed by atoms with van der Waals surface area (Å²) >= 11 is 0. The molecular formula is C36H51F2N7O6. The number of nitrogens with one attached hydrogen (secondary N) is 1. The molecule has 0 spiro atoms. The lowest BCUT2D eigenvalue weighted by Gasteiger charge is -2.34. The van der Waals surface area contributed by atoms with Crippen molar-refractivity contribution in [3.05, 3.63) is 59.2 Å². The summed E-state index contributed by atoms with van der Waals surface area (Å²) in [5.41, 5.74) is 3.23. The van der Waals surface area contributed by atoms with E-state index in [0.717, 1.165) is 82.5 Å². The molecule has 3 amide bonds. The standard InChI is InChI=1S/C20H25FN4O5.C15H22FN3O.CH4/c21-17-13-16(23-9-11-29-12-10-23)2-1-15(17)14-22-5-7-24(8-6-22)20(28)30-25-18(26)3-4-19(25)27;16-15-11-14(19-7-9-20-10-8-19)2-1-13(15)12-18-5-3-17-4-6-18;/h1-2,13H,3-12,14H2;1-2,11,17H,3-10,12H2;1H4. The van der Waals surface area contributed by atoms with Crippen LogP contribution in [0.3, 0.4) is 0 Å². The molecule has 7 rings (SSSR count). The Kier molecular flexibility index (Phi) is 14.0. The minimum absolute atomic E-state index is 0. The van der Waals surface area contributed by atoms with Crippen LogP contribution in [0.5, 0.6) is 0 Å². The number of hydrogen-bond acceptors (Lipinski definition) is 11. The highest BCUT2D eigenvalue weighted by Crippen LogP contribution is 2.23. The third-order valence-electron chi connectivity index (χ3n) is 9.63. The van der Waals surface area contributed by atoms with Crippen LogP contribution in [0.4, 0.5) is 25.0 Å². The topological polar surface area (TPSA) is 110 Å². The van der Waals surface area contributed by atoms with E-state index in [4.69, 9.17) is 14.3 Å². The quantitative estimate of drug-likeness (QED) is 0.428. The third kappa shape index (κ3) is 10.3. The molecule has 0 radical (unpaired) electrons. The van der Waals surface area contributed by atoms with Crippen molar-refractivity contribution in [3.8, 4) is 0 Å². The summed E-state index contributed by atoms with van der Waals surface area (Å²) in [5.74, 6) is -1.33. The van der Waals surface area contributed by atoms with E-state index in [0.29, 0.717) is 63.1 Å². The first-order valence-electron chi connectivity index (χ1n) is 17.5. The van der Waals surface area contributed by atoms with Crippen molar-refractivity contribution < 1.29 is 37.5 Å². The maximum absolute atomic E-state index is 14.6. The van der Waals surface area contributed by atoms with E-state index >= 15 is 0 Å². The number of nitrogens with zero attached hydrogens (tertiary/aromatic N) is 6. The van der Waals surface area contributed by atoms with Gasteiger partial charge in [-0.1, -0.05) is 19.6 Å². The molecule has 2 aromatic rings. The number of ether oxygens (including phenoxy) is 2. The lowest BCUT2D eigenvalue weighted by molar-refractivity contribution is -0.174. The van der Waals surface area contributed by atoms with E-state index in [2.05, 4.69) is 24.9 Å². The Labute approximate surface area is 298 Å². The van der Waals surface area contributed by atoms with E-state index < -0.39 is 17.9 Å². The highest BCUT2D eigenvalue weighted by atomic mass is 19.1. The molecular weight excluding hydrogens is 664 g/mol. The second-order valence-electron chi connectivity index (χ2n) is 13.0. The third-order valence-corrected chi connectivity index (χ3v) is 9.63. The first kappa shape index (κ1) is 38.3. The van der Waals surface area contributed by atoms with Crippen LogP contribution in [-0.2, 0) is 37.0 Å². The van der Waals surface area contributed by atoms with Gasteiger partial charge in [0.25, 0.3) is 11.8 Å². The van der Waals surface area contributed by atoms with Crippen molar-refractivity contribution in [2.24, 2.45) is 0 Å². The fourth-order valence-corrected chi connectivity index (χ4v) is 6.60. The number of rotatable bonds is 7. The van der Waals surface area contributed by atoms with Crippen molar-refractivity contribution in [2.75, 3.05) is 115 Å². The molecule has 15 heteroatoms. The van der Waals surface area contributed by atoms with Crippen molar-refractivity contribution in [1.82, 2.24) is 25.1 Å². The van der Waals surface area contributed by atoms with Gasteiger partial charge in [0.1, 0.15) is 11.6 Å². The molecule has 0 bridgehead atoms. The number of halogens is 2. The number of hydroxylamine groups is 2. The average molecular weight is 716 g/mol. The van der Waals surface area contributed by atoms with Gasteiger partial charge in [0.2, 0.25) is 0 Å². The van der Waals surface area contributed by atoms with E-state index in [1.165, 1.54) is 4.90 Å². The molecule has 51 heavy (non-hydrogen) atoms. The number of anilines is 2. The van der Waals surface area contributed by atoms with Gasteiger partial charge in [-0.15, -0.1) is 5.06 Å². The molecule has 5 aliphatic rings. The number of benzene rings is 2. The molecule has 0 aromatic heterocycles. The Bertz CT molecular complexity index is 1460. The van der Waals surface area contributed by atoms with Crippen molar-refractivity contribution in [1.29, 1.82) is 0 Å². The Hall–Kier alpha value is -3.89. The molecule has 5 saturated heterocycles. The van der Waals surface area contributed by atoms with Gasteiger partial charge in [-0.3, -0.25) is 19.4 Å². The molecule has 5 heterocycles. The second-order valence-corrected chi connectivity index (χ2v) is 13.0. The molecule has 2 aromatic carbocycles. The van der Waals surface area contributed by atoms with Crippen LogP contribution < -0.4 is 15.1 Å². The van der Waals surface area contributed by atoms with Crippen LogP contribution in [0.1, 0.15) is 31.4 Å². The summed E-state index contributed by atoms with van der Waals surface area (Å²) in [4.78, 5) is 50.4. The van der Waals surface area contributed by atoms with Crippen molar-refractivity contribution in [3.63, 3.8) is 0 Å². The average Bonchev–Trinajstić information content (AvgIpc) is 3.47. The molecule has 0 saturated carbocycles. The SMILES string of the molecule is C.Fc1cc(N2CCOCC2)ccc1CN1CCNCC1.O=C(ON1C(=O)CCC1=O)N1CCN(Cc2ccc(N3CCOCC3)cc2F)CC1. The Morgan fingerprint density at radius 1 is 0.667 bits per heavy atom. The van der Waals surface area contributed by atoms with Crippen LogP contribution in [-0.4, -0.2) is 143 Å². The molecule has 280 valence electrons. The number of morpholine rings is 2. The van der Waals surface area contributed by atoms with Gasteiger partial charge < -0.3 is 34.3 Å². The van der Waals surface area contributed by atoms with Crippen LogP contribution >= 0.6 is 0 Å². The van der Waals surface area contributed by atoms with Gasteiger partial charge in [-0.2, -0.15) is 0 Å². The Morgan fingerprint density at radius 3 is 1.57 bits per heavy atom. The summed E-state index contributed by atoms with van der Waals surface area (Å²) in [6.45, 7) is 12.9. The molecule has 0 aliphatic carbocycles. The number of carbonyl (C=O) groups is 3. The lowest BCUT2D eigenvalue weighted by Crippen LogP contribution is -2.50. The van der Waals surface area contributed by atoms with Gasteiger partial charge in [0.05, 0.1) is 26.4 Å². The number of carbonyl (C=O) groups excluding carboxylic acids is 3. The van der Waals surface area contributed by atoms with Crippen molar-refractivity contribution >= 4 is 29.3 Å². The summed E-state index contributed by atoms with van der Waals surface area (Å²) in [6, 6.07) is 10.9. The highest BCUT2D eigenvalue weighted by Gasteiger charge is 2.35. The van der Waals surface area contributed by atoms with E-state index in [-0.39, 0.29) is 31.9 Å². The zero-order valence-corrected chi connectivity index (χ0v) is 28.5. The van der Waals surface area contributed by atoms with Gasteiger partial charge in [-0.05, 0) is 24.3 Å². The zero-order chi connectivity index (χ0) is 34.9. The largest absolute Gasteiger partial charge is 0.434 e. The minimum atomic E-state index is -0.709. The summed E-state index contributed by atoms with van der Waals surface area (Å²) in [6.07, 6.45) is -0.578. The molecule has 0 atom stereocenters. The van der Waals surface area contributed by atoms with Crippen LogP contribution in [0, 0.1) is 11.6 Å². The Morgan fingerprint density at radius 2 is 1.12 bits per heavy atom. The smallest absolute Gasteiger partial charge is 0.378 e. The molecule has 13 nitrogen and oxygen atoms in total. The number of piperazine rings is 2. The number of imide groups is 1. The summed E-state index contributed by atoms with van der Waals surface area (Å²) < 4.78 is 39.5. The first-order valence-corrected chi connectivity index (χ1v) is 17.5. The predicted molar refractivity (Wildman–Crippen MR) is 188 cm³/mol. The van der Waals surface area contributed by atoms with Gasteiger partial charge >= 0.3 is 6.09 Å². The van der Waals surface area contributed by atoms with E-state index in [9.17, 15) is 23.2 Å². The monoisotopic (exact) mass is 715 g/mol. The van der Waals surface area contributed by atoms with Gasteiger partial charge in [0.15, 0.2) is 0 Å². The fourth-order valence-electron chi connectivity index (χ4n) is 6.60.